The Hall–Kier alpha value is -0.570. The van der Waals surface area contributed by atoms with E-state index in [9.17, 15) is 4.79 Å². The first-order valence-electron chi connectivity index (χ1n) is 6.67. The first kappa shape index (κ1) is 13.5. The lowest BCUT2D eigenvalue weighted by Crippen LogP contribution is -2.30. The fourth-order valence-corrected chi connectivity index (χ4v) is 1.95. The minimum Gasteiger partial charge on any atom is -0.466 e. The lowest BCUT2D eigenvalue weighted by atomic mass is 10.2. The van der Waals surface area contributed by atoms with Crippen molar-refractivity contribution in [2.45, 2.75) is 58.4 Å². The Labute approximate surface area is 99.1 Å². The third-order valence-electron chi connectivity index (χ3n) is 3.02. The monoisotopic (exact) mass is 227 g/mol. The molecule has 1 fully saturated rings. The van der Waals surface area contributed by atoms with Crippen LogP contribution in [0, 0.1) is 0 Å². The molecule has 0 aromatic carbocycles. The molecule has 0 radical (unpaired) electrons. The number of carbonyl (C=O) groups excluding carboxylic acids is 1. The van der Waals surface area contributed by atoms with E-state index < -0.39 is 0 Å². The molecule has 0 unspecified atom stereocenters. The van der Waals surface area contributed by atoms with Crippen LogP contribution in [-0.4, -0.2) is 36.6 Å². The van der Waals surface area contributed by atoms with Crippen LogP contribution < -0.4 is 0 Å². The number of esters is 1. The van der Waals surface area contributed by atoms with Gasteiger partial charge in [0.1, 0.15) is 0 Å². The molecule has 0 atom stereocenters. The maximum Gasteiger partial charge on any atom is 0.307 e. The molecule has 16 heavy (non-hydrogen) atoms. The van der Waals surface area contributed by atoms with Crippen LogP contribution in [0.15, 0.2) is 0 Å². The molecule has 94 valence electrons. The van der Waals surface area contributed by atoms with Gasteiger partial charge in [-0.15, -0.1) is 0 Å². The van der Waals surface area contributed by atoms with Crippen LogP contribution in [0.2, 0.25) is 0 Å². The normalized spacial score (nSPS) is 15.4. The highest BCUT2D eigenvalue weighted by Crippen LogP contribution is 2.27. The molecule has 1 aliphatic carbocycles. The van der Waals surface area contributed by atoms with Gasteiger partial charge in [-0.2, -0.15) is 0 Å². The predicted molar refractivity (Wildman–Crippen MR) is 65.4 cm³/mol. The Morgan fingerprint density at radius 3 is 2.56 bits per heavy atom. The molecule has 0 amide bonds. The topological polar surface area (TPSA) is 29.5 Å². The summed E-state index contributed by atoms with van der Waals surface area (Å²) >= 11 is 0. The van der Waals surface area contributed by atoms with Gasteiger partial charge in [0.15, 0.2) is 0 Å². The van der Waals surface area contributed by atoms with Crippen molar-refractivity contribution in [1.29, 1.82) is 0 Å². The summed E-state index contributed by atoms with van der Waals surface area (Å²) in [4.78, 5) is 13.7. The molecule has 0 aliphatic heterocycles. The molecular formula is C13H25NO2. The molecule has 0 bridgehead atoms. The van der Waals surface area contributed by atoms with Crippen LogP contribution in [-0.2, 0) is 9.53 Å². The van der Waals surface area contributed by atoms with E-state index in [2.05, 4.69) is 11.8 Å². The number of nitrogens with zero attached hydrogens (tertiary/aromatic N) is 1. The first-order valence-corrected chi connectivity index (χ1v) is 6.67. The smallest absolute Gasteiger partial charge is 0.307 e. The minimum atomic E-state index is -0.0522. The predicted octanol–water partition coefficient (Wildman–Crippen LogP) is 2.59. The number of hydrogen-bond acceptors (Lipinski definition) is 3. The summed E-state index contributed by atoms with van der Waals surface area (Å²) in [6, 6.07) is 0.756. The summed E-state index contributed by atoms with van der Waals surface area (Å²) in [5.41, 5.74) is 0. The third-order valence-corrected chi connectivity index (χ3v) is 3.02. The second-order valence-electron chi connectivity index (χ2n) is 4.53. The SMILES string of the molecule is CCCCCN(CCC(=O)OCC)C1CC1. The Morgan fingerprint density at radius 1 is 1.25 bits per heavy atom. The summed E-state index contributed by atoms with van der Waals surface area (Å²) < 4.78 is 4.95. The minimum absolute atomic E-state index is 0.0522. The Kier molecular flexibility index (Phi) is 6.46. The Morgan fingerprint density at radius 2 is 2.00 bits per heavy atom. The summed E-state index contributed by atoms with van der Waals surface area (Å²) in [6.45, 7) is 6.61. The molecule has 1 aliphatic rings. The summed E-state index contributed by atoms with van der Waals surface area (Å²) in [6.07, 6.45) is 7.00. The van der Waals surface area contributed by atoms with Gasteiger partial charge in [-0.1, -0.05) is 19.8 Å². The van der Waals surface area contributed by atoms with Gasteiger partial charge >= 0.3 is 5.97 Å². The van der Waals surface area contributed by atoms with Gasteiger partial charge in [0, 0.05) is 12.6 Å². The Bertz CT molecular complexity index is 202. The largest absolute Gasteiger partial charge is 0.466 e. The van der Waals surface area contributed by atoms with Gasteiger partial charge in [0.25, 0.3) is 0 Å². The van der Waals surface area contributed by atoms with E-state index in [1.807, 2.05) is 6.92 Å². The molecule has 3 nitrogen and oxygen atoms in total. The van der Waals surface area contributed by atoms with E-state index in [1.54, 1.807) is 0 Å². The van der Waals surface area contributed by atoms with Crippen molar-refractivity contribution in [1.82, 2.24) is 4.90 Å². The van der Waals surface area contributed by atoms with Crippen LogP contribution in [0.1, 0.15) is 52.4 Å². The number of rotatable bonds is 9. The van der Waals surface area contributed by atoms with Gasteiger partial charge in [-0.05, 0) is 32.7 Å². The second kappa shape index (κ2) is 7.66. The van der Waals surface area contributed by atoms with Crippen molar-refractivity contribution in [3.05, 3.63) is 0 Å². The fraction of sp³-hybridized carbons (Fsp3) is 0.923. The van der Waals surface area contributed by atoms with Crippen LogP contribution in [0.3, 0.4) is 0 Å². The van der Waals surface area contributed by atoms with E-state index in [1.165, 1.54) is 32.1 Å². The van der Waals surface area contributed by atoms with E-state index in [4.69, 9.17) is 4.74 Å². The molecule has 1 rings (SSSR count). The molecule has 0 aromatic rings. The second-order valence-corrected chi connectivity index (χ2v) is 4.53. The molecule has 3 heteroatoms. The zero-order valence-electron chi connectivity index (χ0n) is 10.7. The zero-order valence-corrected chi connectivity index (χ0v) is 10.7. The first-order chi connectivity index (χ1) is 7.77. The quantitative estimate of drug-likeness (QED) is 0.448. The van der Waals surface area contributed by atoms with E-state index in [0.29, 0.717) is 13.0 Å². The van der Waals surface area contributed by atoms with Crippen LogP contribution in [0.4, 0.5) is 0 Å². The highest BCUT2D eigenvalue weighted by atomic mass is 16.5. The van der Waals surface area contributed by atoms with Crippen molar-refractivity contribution in [2.24, 2.45) is 0 Å². The maximum atomic E-state index is 11.3. The highest BCUT2D eigenvalue weighted by Gasteiger charge is 2.28. The van der Waals surface area contributed by atoms with Crippen LogP contribution in [0.25, 0.3) is 0 Å². The third kappa shape index (κ3) is 5.50. The van der Waals surface area contributed by atoms with Crippen molar-refractivity contribution in [3.8, 4) is 0 Å². The molecule has 0 spiro atoms. The summed E-state index contributed by atoms with van der Waals surface area (Å²) in [5, 5.41) is 0. The van der Waals surface area contributed by atoms with Crippen molar-refractivity contribution in [2.75, 3.05) is 19.7 Å². The molecule has 0 heterocycles. The molecule has 0 N–H and O–H groups in total. The number of hydrogen-bond donors (Lipinski definition) is 0. The number of ether oxygens (including phenoxy) is 1. The van der Waals surface area contributed by atoms with E-state index >= 15 is 0 Å². The van der Waals surface area contributed by atoms with Gasteiger partial charge in [0.05, 0.1) is 13.0 Å². The maximum absolute atomic E-state index is 11.3. The van der Waals surface area contributed by atoms with E-state index in [-0.39, 0.29) is 5.97 Å². The van der Waals surface area contributed by atoms with Gasteiger partial charge in [-0.25, -0.2) is 0 Å². The van der Waals surface area contributed by atoms with Crippen LogP contribution >= 0.6 is 0 Å². The Balaban J connectivity index is 2.15. The molecule has 1 saturated carbocycles. The van der Waals surface area contributed by atoms with Gasteiger partial charge in [-0.3, -0.25) is 9.69 Å². The molecular weight excluding hydrogens is 202 g/mol. The number of carbonyl (C=O) groups is 1. The lowest BCUT2D eigenvalue weighted by Gasteiger charge is -2.21. The molecule has 0 aromatic heterocycles. The van der Waals surface area contributed by atoms with Gasteiger partial charge < -0.3 is 4.74 Å². The van der Waals surface area contributed by atoms with Crippen LogP contribution in [0.5, 0.6) is 0 Å². The van der Waals surface area contributed by atoms with Gasteiger partial charge in [0.2, 0.25) is 0 Å². The average molecular weight is 227 g/mol. The molecule has 0 saturated heterocycles. The van der Waals surface area contributed by atoms with E-state index in [0.717, 1.165) is 19.1 Å². The lowest BCUT2D eigenvalue weighted by molar-refractivity contribution is -0.143. The number of unbranched alkanes of at least 4 members (excludes halogenated alkanes) is 2. The standard InChI is InChI=1S/C13H25NO2/c1-3-5-6-10-14(12-7-8-12)11-9-13(15)16-4-2/h12H,3-11H2,1-2H3. The van der Waals surface area contributed by atoms with Crippen molar-refractivity contribution in [3.63, 3.8) is 0 Å². The average Bonchev–Trinajstić information content (AvgIpc) is 3.07. The zero-order chi connectivity index (χ0) is 11.8. The highest BCUT2D eigenvalue weighted by molar-refractivity contribution is 5.69. The van der Waals surface area contributed by atoms with Crippen molar-refractivity contribution >= 4 is 5.97 Å². The van der Waals surface area contributed by atoms with Crippen molar-refractivity contribution < 1.29 is 9.53 Å². The summed E-state index contributed by atoms with van der Waals surface area (Å²) in [7, 11) is 0. The fourth-order valence-electron chi connectivity index (χ4n) is 1.95. The summed E-state index contributed by atoms with van der Waals surface area (Å²) in [5.74, 6) is -0.0522.